The van der Waals surface area contributed by atoms with Gasteiger partial charge in [-0.15, -0.1) is 0 Å². The summed E-state index contributed by atoms with van der Waals surface area (Å²) in [5.74, 6) is 1.12. The number of anilines is 1. The molecule has 102 valence electrons. The van der Waals surface area contributed by atoms with Gasteiger partial charge >= 0.3 is 0 Å². The Hall–Kier alpha value is -1.03. The van der Waals surface area contributed by atoms with Gasteiger partial charge < -0.3 is 14.8 Å². The van der Waals surface area contributed by atoms with E-state index in [0.29, 0.717) is 6.04 Å². The molecule has 4 heteroatoms. The Kier molecular flexibility index (Phi) is 4.64. The van der Waals surface area contributed by atoms with Crippen molar-refractivity contribution in [2.75, 3.05) is 18.5 Å². The summed E-state index contributed by atoms with van der Waals surface area (Å²) in [4.78, 5) is 6.86. The second-order valence-corrected chi connectivity index (χ2v) is 5.19. The highest BCUT2D eigenvalue weighted by atomic mass is 15.3. The van der Waals surface area contributed by atoms with Crippen molar-refractivity contribution in [3.05, 3.63) is 12.4 Å². The van der Waals surface area contributed by atoms with Crippen LogP contribution in [0, 0.1) is 0 Å². The van der Waals surface area contributed by atoms with E-state index in [9.17, 15) is 0 Å². The Morgan fingerprint density at radius 2 is 2.06 bits per heavy atom. The molecular formula is C14H26N4. The maximum atomic E-state index is 4.49. The molecule has 1 N–H and O–H groups in total. The third kappa shape index (κ3) is 2.86. The molecular weight excluding hydrogens is 224 g/mol. The number of nitrogens with zero attached hydrogens (tertiary/aromatic N) is 3. The predicted molar refractivity (Wildman–Crippen MR) is 76.0 cm³/mol. The molecule has 18 heavy (non-hydrogen) atoms. The summed E-state index contributed by atoms with van der Waals surface area (Å²) in [7, 11) is 2.19. The van der Waals surface area contributed by atoms with Crippen molar-refractivity contribution in [1.29, 1.82) is 0 Å². The fourth-order valence-corrected chi connectivity index (χ4v) is 2.98. The number of aromatic nitrogens is 2. The third-order valence-corrected chi connectivity index (χ3v) is 4.09. The van der Waals surface area contributed by atoms with Crippen LogP contribution in [-0.4, -0.2) is 35.2 Å². The second kappa shape index (κ2) is 6.23. The van der Waals surface area contributed by atoms with Gasteiger partial charge in [-0.3, -0.25) is 0 Å². The summed E-state index contributed by atoms with van der Waals surface area (Å²) in [5.41, 5.74) is 0. The first-order valence-corrected chi connectivity index (χ1v) is 7.23. The zero-order valence-corrected chi connectivity index (χ0v) is 11.9. The fraction of sp³-hybridized carbons (Fsp3) is 0.786. The fourth-order valence-electron chi connectivity index (χ4n) is 2.98. The Morgan fingerprint density at radius 3 is 2.67 bits per heavy atom. The van der Waals surface area contributed by atoms with Crippen molar-refractivity contribution >= 4 is 5.95 Å². The number of rotatable bonds is 5. The molecule has 0 bridgehead atoms. The Balaban J connectivity index is 1.93. The summed E-state index contributed by atoms with van der Waals surface area (Å²) < 4.78 is 2.22. The average Bonchev–Trinajstić information content (AvgIpc) is 2.87. The topological polar surface area (TPSA) is 33.1 Å². The summed E-state index contributed by atoms with van der Waals surface area (Å²) >= 11 is 0. The molecule has 1 aliphatic carbocycles. The summed E-state index contributed by atoms with van der Waals surface area (Å²) in [6, 6.07) is 1.37. The first-order chi connectivity index (χ1) is 8.76. The van der Waals surface area contributed by atoms with Crippen LogP contribution in [0.3, 0.4) is 0 Å². The monoisotopic (exact) mass is 250 g/mol. The van der Waals surface area contributed by atoms with E-state index in [1.165, 1.54) is 25.7 Å². The molecule has 1 aromatic heterocycles. The minimum absolute atomic E-state index is 0.646. The molecule has 1 fully saturated rings. The highest BCUT2D eigenvalue weighted by molar-refractivity contribution is 5.31. The molecule has 1 heterocycles. The van der Waals surface area contributed by atoms with Crippen LogP contribution in [0.1, 0.15) is 39.5 Å². The van der Waals surface area contributed by atoms with E-state index >= 15 is 0 Å². The molecule has 0 amide bonds. The highest BCUT2D eigenvalue weighted by Crippen LogP contribution is 2.25. The van der Waals surface area contributed by atoms with Crippen LogP contribution in [-0.2, 0) is 6.54 Å². The van der Waals surface area contributed by atoms with E-state index in [1.807, 2.05) is 6.20 Å². The largest absolute Gasteiger partial charge is 0.342 e. The van der Waals surface area contributed by atoms with Crippen molar-refractivity contribution < 1.29 is 0 Å². The molecule has 1 aliphatic rings. The number of hydrogen-bond donors (Lipinski definition) is 1. The van der Waals surface area contributed by atoms with E-state index in [4.69, 9.17) is 0 Å². The van der Waals surface area contributed by atoms with Crippen molar-refractivity contribution in [3.63, 3.8) is 0 Å². The molecule has 0 spiro atoms. The third-order valence-electron chi connectivity index (χ3n) is 4.09. The van der Waals surface area contributed by atoms with Gasteiger partial charge in [0.15, 0.2) is 0 Å². The lowest BCUT2D eigenvalue weighted by Crippen LogP contribution is -2.41. The van der Waals surface area contributed by atoms with E-state index < -0.39 is 0 Å². The molecule has 0 atom stereocenters. The molecule has 1 aromatic rings. The number of aryl methyl sites for hydroxylation is 1. The summed E-state index contributed by atoms with van der Waals surface area (Å²) in [6.45, 7) is 6.44. The van der Waals surface area contributed by atoms with E-state index in [2.05, 4.69) is 46.9 Å². The zero-order chi connectivity index (χ0) is 13.0. The van der Waals surface area contributed by atoms with Gasteiger partial charge in [0.05, 0.1) is 0 Å². The number of hydrogen-bond acceptors (Lipinski definition) is 3. The van der Waals surface area contributed by atoms with Gasteiger partial charge in [0, 0.05) is 38.1 Å². The molecule has 1 saturated carbocycles. The number of imidazole rings is 1. The smallest absolute Gasteiger partial charge is 0.205 e. The van der Waals surface area contributed by atoms with E-state index in [1.54, 1.807) is 0 Å². The lowest BCUT2D eigenvalue weighted by molar-refractivity contribution is 0.339. The standard InChI is InChI=1S/C14H26N4/c1-4-15-12-6-8-13(9-7-12)17(3)14-16-10-11-18(14)5-2/h10-13,15H,4-9H2,1-3H3. The average molecular weight is 250 g/mol. The van der Waals surface area contributed by atoms with Crippen LogP contribution < -0.4 is 10.2 Å². The van der Waals surface area contributed by atoms with Crippen LogP contribution in [0.25, 0.3) is 0 Å². The first kappa shape index (κ1) is 13.4. The lowest BCUT2D eigenvalue weighted by Gasteiger charge is -2.35. The molecule has 0 saturated heterocycles. The quantitative estimate of drug-likeness (QED) is 0.870. The molecule has 0 aromatic carbocycles. The normalized spacial score (nSPS) is 24.2. The first-order valence-electron chi connectivity index (χ1n) is 7.23. The predicted octanol–water partition coefficient (Wildman–Crippen LogP) is 2.26. The maximum Gasteiger partial charge on any atom is 0.205 e. The molecule has 4 nitrogen and oxygen atoms in total. The zero-order valence-electron chi connectivity index (χ0n) is 11.9. The van der Waals surface area contributed by atoms with Crippen LogP contribution in [0.4, 0.5) is 5.95 Å². The van der Waals surface area contributed by atoms with Gasteiger partial charge in [-0.05, 0) is 39.2 Å². The van der Waals surface area contributed by atoms with Crippen molar-refractivity contribution in [3.8, 4) is 0 Å². The van der Waals surface area contributed by atoms with Crippen LogP contribution in [0.15, 0.2) is 12.4 Å². The maximum absolute atomic E-state index is 4.49. The van der Waals surface area contributed by atoms with Gasteiger partial charge in [0.2, 0.25) is 5.95 Å². The van der Waals surface area contributed by atoms with E-state index in [-0.39, 0.29) is 0 Å². The van der Waals surface area contributed by atoms with Crippen LogP contribution in [0.2, 0.25) is 0 Å². The highest BCUT2D eigenvalue weighted by Gasteiger charge is 2.25. The molecule has 0 aliphatic heterocycles. The van der Waals surface area contributed by atoms with Crippen LogP contribution in [0.5, 0.6) is 0 Å². The Morgan fingerprint density at radius 1 is 1.33 bits per heavy atom. The summed E-state index contributed by atoms with van der Waals surface area (Å²) in [5, 5.41) is 3.56. The molecule has 0 unspecified atom stereocenters. The van der Waals surface area contributed by atoms with E-state index in [0.717, 1.165) is 25.1 Å². The van der Waals surface area contributed by atoms with Crippen LogP contribution >= 0.6 is 0 Å². The van der Waals surface area contributed by atoms with Gasteiger partial charge in [-0.2, -0.15) is 0 Å². The molecule has 2 rings (SSSR count). The molecule has 0 radical (unpaired) electrons. The number of nitrogens with one attached hydrogen (secondary N) is 1. The van der Waals surface area contributed by atoms with Crippen molar-refractivity contribution in [2.45, 2.75) is 58.2 Å². The van der Waals surface area contributed by atoms with Gasteiger partial charge in [0.25, 0.3) is 0 Å². The second-order valence-electron chi connectivity index (χ2n) is 5.19. The Bertz CT molecular complexity index is 352. The van der Waals surface area contributed by atoms with Gasteiger partial charge in [-0.1, -0.05) is 6.92 Å². The van der Waals surface area contributed by atoms with Gasteiger partial charge in [-0.25, -0.2) is 4.98 Å². The lowest BCUT2D eigenvalue weighted by atomic mass is 9.90. The SMILES string of the molecule is CCNC1CCC(N(C)c2nccn2CC)CC1. The minimum Gasteiger partial charge on any atom is -0.342 e. The van der Waals surface area contributed by atoms with Gasteiger partial charge in [0.1, 0.15) is 0 Å². The van der Waals surface area contributed by atoms with Crippen molar-refractivity contribution in [2.24, 2.45) is 0 Å². The minimum atomic E-state index is 0.646. The Labute approximate surface area is 110 Å². The van der Waals surface area contributed by atoms with Crippen molar-refractivity contribution in [1.82, 2.24) is 14.9 Å². The summed E-state index contributed by atoms with van der Waals surface area (Å²) in [6.07, 6.45) is 9.08.